The lowest BCUT2D eigenvalue weighted by Crippen LogP contribution is -2.62. The van der Waals surface area contributed by atoms with Crippen molar-refractivity contribution >= 4 is 47.1 Å². The van der Waals surface area contributed by atoms with Crippen LogP contribution in [0.15, 0.2) is 36.4 Å². The first kappa shape index (κ1) is 42.5. The van der Waals surface area contributed by atoms with Gasteiger partial charge < -0.3 is 40.3 Å². The average molecular weight is 834 g/mol. The number of rotatable bonds is 7. The third kappa shape index (κ3) is 9.24. The highest BCUT2D eigenvalue weighted by Gasteiger charge is 2.46. The van der Waals surface area contributed by atoms with Gasteiger partial charge in [0.15, 0.2) is 0 Å². The van der Waals surface area contributed by atoms with Gasteiger partial charge >= 0.3 is 5.97 Å². The third-order valence-electron chi connectivity index (χ3n) is 12.4. The number of piperidine rings is 1. The molecule has 0 bridgehead atoms. The summed E-state index contributed by atoms with van der Waals surface area (Å²) in [6.07, 6.45) is 2.99. The van der Waals surface area contributed by atoms with Crippen molar-refractivity contribution in [2.24, 2.45) is 5.92 Å². The molecular formula is C43H53F2N7O8. The molecule has 0 aliphatic carbocycles. The van der Waals surface area contributed by atoms with Crippen LogP contribution < -0.4 is 20.9 Å². The number of fused-ring (bicyclic) bond motifs is 4. The summed E-state index contributed by atoms with van der Waals surface area (Å²) in [7, 11) is 1.98. The highest BCUT2D eigenvalue weighted by Crippen LogP contribution is 2.29. The maximum Gasteiger partial charge on any atom is 0.328 e. The first-order valence-corrected chi connectivity index (χ1v) is 20.9. The van der Waals surface area contributed by atoms with E-state index in [1.54, 1.807) is 0 Å². The molecule has 7 atom stereocenters. The van der Waals surface area contributed by atoms with Gasteiger partial charge in [-0.05, 0) is 92.7 Å². The molecule has 2 aromatic rings. The number of amides is 6. The van der Waals surface area contributed by atoms with Crippen molar-refractivity contribution in [2.75, 3.05) is 44.7 Å². The maximum atomic E-state index is 14.6. The molecule has 0 spiro atoms. The van der Waals surface area contributed by atoms with Crippen LogP contribution in [-0.2, 0) is 57.6 Å². The zero-order valence-corrected chi connectivity index (χ0v) is 34.2. The molecule has 322 valence electrons. The van der Waals surface area contributed by atoms with Crippen molar-refractivity contribution in [3.05, 3.63) is 64.7 Å². The first-order chi connectivity index (χ1) is 28.7. The fourth-order valence-electron chi connectivity index (χ4n) is 9.32. The van der Waals surface area contributed by atoms with Crippen molar-refractivity contribution in [3.8, 4) is 0 Å². The number of hydrogen-bond donors (Lipinski definition) is 3. The summed E-state index contributed by atoms with van der Waals surface area (Å²) in [4.78, 5) is 104. The summed E-state index contributed by atoms with van der Waals surface area (Å²) >= 11 is 0. The SMILES string of the molecule is C[C@@H]1C[C@H]2C(=O)OC[C@H](NC(=O)[C@H](Cc3cc(F)cc(F)c3)NC(=O)Cc3ccc4c(c3)CCN4C)C(=O)N3CCC[C@H]3C(=O)N3CCCC[C@H]3C(=O)N[C@@H](C)C(=O)N2C1. The molecule has 5 aliphatic heterocycles. The van der Waals surface area contributed by atoms with Crippen LogP contribution in [0.2, 0.25) is 0 Å². The van der Waals surface area contributed by atoms with Gasteiger partial charge in [0.25, 0.3) is 0 Å². The van der Waals surface area contributed by atoms with E-state index in [4.69, 9.17) is 4.74 Å². The lowest BCUT2D eigenvalue weighted by Gasteiger charge is -2.39. The van der Waals surface area contributed by atoms with E-state index in [2.05, 4.69) is 20.9 Å². The minimum absolute atomic E-state index is 0.0592. The Kier molecular flexibility index (Phi) is 12.7. The molecule has 0 aromatic heterocycles. The van der Waals surface area contributed by atoms with Crippen molar-refractivity contribution in [3.63, 3.8) is 0 Å². The largest absolute Gasteiger partial charge is 0.461 e. The molecule has 4 fully saturated rings. The quantitative estimate of drug-likeness (QED) is 0.348. The number of nitrogens with one attached hydrogen (secondary N) is 3. The fraction of sp³-hybridized carbons (Fsp3) is 0.558. The van der Waals surface area contributed by atoms with E-state index in [9.17, 15) is 42.3 Å². The number of benzene rings is 2. The van der Waals surface area contributed by atoms with Crippen LogP contribution in [-0.4, -0.2) is 132 Å². The molecule has 5 aliphatic rings. The Labute approximate surface area is 347 Å². The van der Waals surface area contributed by atoms with Crippen LogP contribution in [0.5, 0.6) is 0 Å². The molecule has 0 radical (unpaired) electrons. The minimum Gasteiger partial charge on any atom is -0.461 e. The van der Waals surface area contributed by atoms with Gasteiger partial charge in [0, 0.05) is 51.4 Å². The summed E-state index contributed by atoms with van der Waals surface area (Å²) in [5.41, 5.74) is 2.89. The Morgan fingerprint density at radius 3 is 2.32 bits per heavy atom. The summed E-state index contributed by atoms with van der Waals surface area (Å²) < 4.78 is 34.5. The normalized spacial score (nSPS) is 26.8. The van der Waals surface area contributed by atoms with Crippen LogP contribution in [0, 0.1) is 17.6 Å². The first-order valence-electron chi connectivity index (χ1n) is 20.9. The molecule has 2 aromatic carbocycles. The van der Waals surface area contributed by atoms with Gasteiger partial charge in [-0.1, -0.05) is 19.1 Å². The summed E-state index contributed by atoms with van der Waals surface area (Å²) in [5.74, 6) is -6.34. The molecule has 0 saturated carbocycles. The standard InChI is InChI=1S/C43H53F2N7O8/c1-24-15-36-43(59)60-23-32(41(57)51-13-6-8-35(51)42(58)50-12-5-4-7-34(50)39(55)46-25(2)40(56)52(36)22-24)48-38(54)31(19-27-17-29(44)21-30(45)18-27)47-37(53)20-26-9-10-33-28(16-26)11-14-49(33)3/h9-10,16-18,21,24-25,31-32,34-36H,4-8,11-15,19-20,22-23H2,1-3H3,(H,46,55)(H,47,53)(H,48,54)/t24-,25+,31+,32+,34+,35+,36+/m1/s1. The van der Waals surface area contributed by atoms with Crippen LogP contribution in [0.25, 0.3) is 0 Å². The number of esters is 1. The Balaban J connectivity index is 1.18. The number of carbonyl (C=O) groups is 7. The zero-order valence-electron chi connectivity index (χ0n) is 34.2. The number of halogens is 2. The monoisotopic (exact) mass is 833 g/mol. The van der Waals surface area contributed by atoms with E-state index in [1.165, 1.54) is 21.6 Å². The highest BCUT2D eigenvalue weighted by molar-refractivity contribution is 5.98. The summed E-state index contributed by atoms with van der Waals surface area (Å²) in [6, 6.07) is 1.50. The molecule has 0 unspecified atom stereocenters. The van der Waals surface area contributed by atoms with Crippen LogP contribution in [0.1, 0.15) is 69.1 Å². The zero-order chi connectivity index (χ0) is 42.8. The van der Waals surface area contributed by atoms with Crippen molar-refractivity contribution < 1.29 is 47.1 Å². The average Bonchev–Trinajstić information content (AvgIpc) is 3.96. The van der Waals surface area contributed by atoms with Gasteiger partial charge in [-0.25, -0.2) is 13.6 Å². The third-order valence-corrected chi connectivity index (χ3v) is 12.4. The number of carbonyl (C=O) groups excluding carboxylic acids is 7. The van der Waals surface area contributed by atoms with Gasteiger partial charge in [0.05, 0.1) is 6.42 Å². The number of cyclic esters (lactones) is 1. The molecule has 15 nitrogen and oxygen atoms in total. The molecule has 6 amide bonds. The van der Waals surface area contributed by atoms with E-state index in [0.29, 0.717) is 37.3 Å². The molecule has 3 N–H and O–H groups in total. The Bertz CT molecular complexity index is 2030. The number of nitrogens with zero attached hydrogens (tertiary/aromatic N) is 4. The lowest BCUT2D eigenvalue weighted by molar-refractivity contribution is -0.158. The molecular weight excluding hydrogens is 781 g/mol. The predicted molar refractivity (Wildman–Crippen MR) is 213 cm³/mol. The Hall–Kier alpha value is -5.61. The smallest absolute Gasteiger partial charge is 0.328 e. The topological polar surface area (TPSA) is 178 Å². The van der Waals surface area contributed by atoms with Crippen LogP contribution in [0.4, 0.5) is 14.5 Å². The van der Waals surface area contributed by atoms with Gasteiger partial charge in [-0.3, -0.25) is 28.8 Å². The maximum absolute atomic E-state index is 14.6. The Morgan fingerprint density at radius 1 is 0.833 bits per heavy atom. The van der Waals surface area contributed by atoms with E-state index in [-0.39, 0.29) is 56.8 Å². The molecule has 7 rings (SSSR count). The second-order valence-electron chi connectivity index (χ2n) is 16.9. The predicted octanol–water partition coefficient (Wildman–Crippen LogP) is 1.38. The number of anilines is 1. The van der Waals surface area contributed by atoms with E-state index in [1.807, 2.05) is 32.2 Å². The van der Waals surface area contributed by atoms with Gasteiger partial charge in [0.1, 0.15) is 54.5 Å². The van der Waals surface area contributed by atoms with E-state index < -0.39 is 95.9 Å². The fourth-order valence-corrected chi connectivity index (χ4v) is 9.32. The van der Waals surface area contributed by atoms with Gasteiger partial charge in [-0.2, -0.15) is 0 Å². The lowest BCUT2D eigenvalue weighted by atomic mass is 9.99. The second-order valence-corrected chi connectivity index (χ2v) is 16.9. The molecule has 60 heavy (non-hydrogen) atoms. The van der Waals surface area contributed by atoms with E-state index >= 15 is 0 Å². The second kappa shape index (κ2) is 17.9. The van der Waals surface area contributed by atoms with Gasteiger partial charge in [0.2, 0.25) is 35.4 Å². The number of likely N-dealkylation sites (N-methyl/N-ethyl adjacent to an activating group) is 1. The van der Waals surface area contributed by atoms with E-state index in [0.717, 1.165) is 36.3 Å². The number of ether oxygens (including phenoxy) is 1. The van der Waals surface area contributed by atoms with Crippen molar-refractivity contribution in [1.82, 2.24) is 30.7 Å². The highest BCUT2D eigenvalue weighted by atomic mass is 19.1. The van der Waals surface area contributed by atoms with Crippen LogP contribution >= 0.6 is 0 Å². The number of hydrogen-bond acceptors (Lipinski definition) is 9. The van der Waals surface area contributed by atoms with Crippen molar-refractivity contribution in [2.45, 2.75) is 108 Å². The summed E-state index contributed by atoms with van der Waals surface area (Å²) in [5, 5.41) is 8.10. The summed E-state index contributed by atoms with van der Waals surface area (Å²) in [6.45, 7) is 4.18. The molecule has 5 heterocycles. The molecule has 17 heteroatoms. The molecule has 4 saturated heterocycles. The van der Waals surface area contributed by atoms with Crippen molar-refractivity contribution in [1.29, 1.82) is 0 Å². The van der Waals surface area contributed by atoms with Gasteiger partial charge in [-0.15, -0.1) is 0 Å². The van der Waals surface area contributed by atoms with Crippen LogP contribution in [0.3, 0.4) is 0 Å². The minimum atomic E-state index is -1.57. The Morgan fingerprint density at radius 2 is 1.55 bits per heavy atom.